The van der Waals surface area contributed by atoms with Crippen molar-refractivity contribution in [2.75, 3.05) is 6.61 Å². The summed E-state index contributed by atoms with van der Waals surface area (Å²) in [7, 11) is 0. The summed E-state index contributed by atoms with van der Waals surface area (Å²) in [6, 6.07) is 7.88. The maximum atomic E-state index is 11.9. The summed E-state index contributed by atoms with van der Waals surface area (Å²) in [6.07, 6.45) is 2.17. The average Bonchev–Trinajstić information content (AvgIpc) is 2.72. The second-order valence-corrected chi connectivity index (χ2v) is 5.13. The molecule has 0 fully saturated rings. The molecule has 4 heteroatoms. The summed E-state index contributed by atoms with van der Waals surface area (Å²) in [5.41, 5.74) is 1.42. The third-order valence-electron chi connectivity index (χ3n) is 2.90. The third kappa shape index (κ3) is 2.71. The fraction of sp³-hybridized carbons (Fsp3) is 0.357. The molecule has 4 nitrogen and oxygen atoms in total. The first-order valence-corrected chi connectivity index (χ1v) is 5.99. The highest BCUT2D eigenvalue weighted by atomic mass is 16.3. The standard InChI is InChI=1S/C14H18N2O2/c1-14(2,9-17)16-13(18)7-10-8-15-12-6-4-3-5-11(10)12/h3-6,8,15,17H,7,9H2,1-2H3,(H,16,18). The molecular weight excluding hydrogens is 228 g/mol. The number of hydrogen-bond acceptors (Lipinski definition) is 2. The van der Waals surface area contributed by atoms with Crippen LogP contribution in [0.2, 0.25) is 0 Å². The Kier molecular flexibility index (Phi) is 3.39. The Hall–Kier alpha value is -1.81. The van der Waals surface area contributed by atoms with E-state index in [0.717, 1.165) is 16.5 Å². The molecule has 0 aliphatic carbocycles. The van der Waals surface area contributed by atoms with Crippen LogP contribution in [0, 0.1) is 0 Å². The van der Waals surface area contributed by atoms with Gasteiger partial charge in [-0.3, -0.25) is 4.79 Å². The lowest BCUT2D eigenvalue weighted by Crippen LogP contribution is -2.46. The summed E-state index contributed by atoms with van der Waals surface area (Å²) >= 11 is 0. The molecule has 2 aromatic rings. The Morgan fingerprint density at radius 3 is 2.83 bits per heavy atom. The first-order valence-electron chi connectivity index (χ1n) is 5.99. The van der Waals surface area contributed by atoms with E-state index >= 15 is 0 Å². The molecule has 0 unspecified atom stereocenters. The van der Waals surface area contributed by atoms with Gasteiger partial charge in [-0.25, -0.2) is 0 Å². The summed E-state index contributed by atoms with van der Waals surface area (Å²) in [4.78, 5) is 15.0. The molecule has 1 aromatic carbocycles. The lowest BCUT2D eigenvalue weighted by atomic mass is 10.1. The average molecular weight is 246 g/mol. The molecule has 0 aliphatic rings. The van der Waals surface area contributed by atoms with E-state index in [0.29, 0.717) is 6.42 Å². The molecule has 2 rings (SSSR count). The van der Waals surface area contributed by atoms with Crippen molar-refractivity contribution in [2.45, 2.75) is 25.8 Å². The van der Waals surface area contributed by atoms with Crippen LogP contribution in [-0.4, -0.2) is 28.1 Å². The first-order chi connectivity index (χ1) is 8.52. The van der Waals surface area contributed by atoms with Crippen molar-refractivity contribution < 1.29 is 9.90 Å². The van der Waals surface area contributed by atoms with Crippen LogP contribution in [0.1, 0.15) is 19.4 Å². The fourth-order valence-electron chi connectivity index (χ4n) is 1.91. The largest absolute Gasteiger partial charge is 0.394 e. The van der Waals surface area contributed by atoms with E-state index in [-0.39, 0.29) is 12.5 Å². The van der Waals surface area contributed by atoms with Gasteiger partial charge in [0.05, 0.1) is 18.6 Å². The van der Waals surface area contributed by atoms with Crippen molar-refractivity contribution in [1.29, 1.82) is 0 Å². The normalized spacial score (nSPS) is 11.7. The van der Waals surface area contributed by atoms with E-state index in [1.807, 2.05) is 30.5 Å². The summed E-state index contributed by atoms with van der Waals surface area (Å²) in [6.45, 7) is 3.51. The Labute approximate surface area is 106 Å². The van der Waals surface area contributed by atoms with E-state index in [1.165, 1.54) is 0 Å². The Balaban J connectivity index is 2.12. The van der Waals surface area contributed by atoms with Gasteiger partial charge < -0.3 is 15.4 Å². The number of carbonyl (C=O) groups excluding carboxylic acids is 1. The molecule has 0 bridgehead atoms. The van der Waals surface area contributed by atoms with Crippen LogP contribution >= 0.6 is 0 Å². The zero-order valence-electron chi connectivity index (χ0n) is 10.7. The fourth-order valence-corrected chi connectivity index (χ4v) is 1.91. The number of benzene rings is 1. The highest BCUT2D eigenvalue weighted by molar-refractivity contribution is 5.89. The molecule has 1 heterocycles. The second-order valence-electron chi connectivity index (χ2n) is 5.13. The summed E-state index contributed by atoms with van der Waals surface area (Å²) in [5.74, 6) is -0.0844. The molecule has 3 N–H and O–H groups in total. The van der Waals surface area contributed by atoms with Crippen LogP contribution in [0.25, 0.3) is 10.9 Å². The van der Waals surface area contributed by atoms with Gasteiger partial charge in [0.15, 0.2) is 0 Å². The predicted octanol–water partition coefficient (Wildman–Crippen LogP) is 1.60. The summed E-state index contributed by atoms with van der Waals surface area (Å²) in [5, 5.41) is 13.0. The first kappa shape index (κ1) is 12.6. The molecule has 96 valence electrons. The number of carbonyl (C=O) groups is 1. The summed E-state index contributed by atoms with van der Waals surface area (Å²) < 4.78 is 0. The Bertz CT molecular complexity index is 558. The van der Waals surface area contributed by atoms with Crippen LogP contribution < -0.4 is 5.32 Å². The maximum absolute atomic E-state index is 11.9. The number of para-hydroxylation sites is 1. The number of aromatic nitrogens is 1. The SMILES string of the molecule is CC(C)(CO)NC(=O)Cc1c[nH]c2ccccc12. The number of amides is 1. The number of fused-ring (bicyclic) bond motifs is 1. The minimum absolute atomic E-state index is 0.0768. The van der Waals surface area contributed by atoms with E-state index in [1.54, 1.807) is 13.8 Å². The minimum Gasteiger partial charge on any atom is -0.394 e. The van der Waals surface area contributed by atoms with Crippen molar-refractivity contribution in [1.82, 2.24) is 10.3 Å². The zero-order chi connectivity index (χ0) is 13.2. The lowest BCUT2D eigenvalue weighted by molar-refractivity contribution is -0.122. The highest BCUT2D eigenvalue weighted by Gasteiger charge is 2.19. The van der Waals surface area contributed by atoms with Crippen LogP contribution in [0.3, 0.4) is 0 Å². The van der Waals surface area contributed by atoms with Crippen molar-refractivity contribution in [3.05, 3.63) is 36.0 Å². The molecule has 0 spiro atoms. The van der Waals surface area contributed by atoms with Crippen LogP contribution in [-0.2, 0) is 11.2 Å². The molecule has 1 amide bonds. The Morgan fingerprint density at radius 2 is 2.11 bits per heavy atom. The topological polar surface area (TPSA) is 65.1 Å². The number of aromatic amines is 1. The quantitative estimate of drug-likeness (QED) is 0.767. The van der Waals surface area contributed by atoms with Gasteiger partial charge in [0.2, 0.25) is 5.91 Å². The van der Waals surface area contributed by atoms with Gasteiger partial charge in [0, 0.05) is 17.1 Å². The number of H-pyrrole nitrogens is 1. The number of nitrogens with one attached hydrogen (secondary N) is 2. The molecule has 18 heavy (non-hydrogen) atoms. The van der Waals surface area contributed by atoms with Crippen LogP contribution in [0.5, 0.6) is 0 Å². The van der Waals surface area contributed by atoms with Crippen molar-refractivity contribution in [3.63, 3.8) is 0 Å². The van der Waals surface area contributed by atoms with E-state index in [4.69, 9.17) is 5.11 Å². The molecule has 0 saturated carbocycles. The van der Waals surface area contributed by atoms with Gasteiger partial charge in [-0.15, -0.1) is 0 Å². The third-order valence-corrected chi connectivity index (χ3v) is 2.90. The van der Waals surface area contributed by atoms with Gasteiger partial charge >= 0.3 is 0 Å². The lowest BCUT2D eigenvalue weighted by Gasteiger charge is -2.23. The number of rotatable bonds is 4. The number of aliphatic hydroxyl groups excluding tert-OH is 1. The van der Waals surface area contributed by atoms with Gasteiger partial charge in [-0.05, 0) is 25.5 Å². The number of aliphatic hydroxyl groups is 1. The van der Waals surface area contributed by atoms with E-state index in [9.17, 15) is 4.79 Å². The smallest absolute Gasteiger partial charge is 0.224 e. The van der Waals surface area contributed by atoms with E-state index < -0.39 is 5.54 Å². The van der Waals surface area contributed by atoms with Crippen LogP contribution in [0.15, 0.2) is 30.5 Å². The molecular formula is C14H18N2O2. The highest BCUT2D eigenvalue weighted by Crippen LogP contribution is 2.18. The molecule has 0 radical (unpaired) electrons. The van der Waals surface area contributed by atoms with Crippen molar-refractivity contribution >= 4 is 16.8 Å². The van der Waals surface area contributed by atoms with Gasteiger partial charge in [-0.1, -0.05) is 18.2 Å². The van der Waals surface area contributed by atoms with Crippen molar-refractivity contribution in [3.8, 4) is 0 Å². The molecule has 0 aliphatic heterocycles. The van der Waals surface area contributed by atoms with Crippen LogP contribution in [0.4, 0.5) is 0 Å². The van der Waals surface area contributed by atoms with Gasteiger partial charge in [0.25, 0.3) is 0 Å². The second kappa shape index (κ2) is 4.82. The predicted molar refractivity (Wildman–Crippen MR) is 71.3 cm³/mol. The van der Waals surface area contributed by atoms with Crippen molar-refractivity contribution in [2.24, 2.45) is 0 Å². The molecule has 0 atom stereocenters. The van der Waals surface area contributed by atoms with Gasteiger partial charge in [-0.2, -0.15) is 0 Å². The van der Waals surface area contributed by atoms with E-state index in [2.05, 4.69) is 10.3 Å². The molecule has 1 aromatic heterocycles. The zero-order valence-corrected chi connectivity index (χ0v) is 10.7. The maximum Gasteiger partial charge on any atom is 0.224 e. The minimum atomic E-state index is -0.580. The van der Waals surface area contributed by atoms with Gasteiger partial charge in [0.1, 0.15) is 0 Å². The monoisotopic (exact) mass is 246 g/mol. The Morgan fingerprint density at radius 1 is 1.39 bits per heavy atom. The molecule has 0 saturated heterocycles. The number of hydrogen-bond donors (Lipinski definition) is 3.